The lowest BCUT2D eigenvalue weighted by Gasteiger charge is -2.07. The Hall–Kier alpha value is -0.850. The first-order valence-corrected chi connectivity index (χ1v) is 4.11. The lowest BCUT2D eigenvalue weighted by molar-refractivity contribution is -0.111. The van der Waals surface area contributed by atoms with Gasteiger partial charge in [0.25, 0.3) is 0 Å². The van der Waals surface area contributed by atoms with Crippen LogP contribution in [0.15, 0.2) is 23.8 Å². The first-order valence-electron chi connectivity index (χ1n) is 4.11. The SMILES string of the molecule is CC(C)/C=C1\CCC=CC1=O. The number of allylic oxidation sites excluding steroid dienone is 4. The maximum atomic E-state index is 11.2. The maximum absolute atomic E-state index is 11.2. The molecule has 0 aromatic rings. The highest BCUT2D eigenvalue weighted by Gasteiger charge is 2.09. The van der Waals surface area contributed by atoms with Crippen LogP contribution in [0.5, 0.6) is 0 Å². The molecule has 0 heterocycles. The minimum atomic E-state index is 0.199. The molecule has 0 bridgehead atoms. The van der Waals surface area contributed by atoms with Crippen LogP contribution in [0.2, 0.25) is 0 Å². The van der Waals surface area contributed by atoms with Crippen molar-refractivity contribution in [3.8, 4) is 0 Å². The molecule has 0 aromatic carbocycles. The number of hydrogen-bond donors (Lipinski definition) is 0. The molecule has 1 nitrogen and oxygen atoms in total. The quantitative estimate of drug-likeness (QED) is 0.525. The van der Waals surface area contributed by atoms with Crippen LogP contribution in [-0.2, 0) is 4.79 Å². The van der Waals surface area contributed by atoms with E-state index in [1.807, 2.05) is 6.08 Å². The summed E-state index contributed by atoms with van der Waals surface area (Å²) in [5.41, 5.74) is 0.988. The zero-order valence-electron chi connectivity index (χ0n) is 7.13. The van der Waals surface area contributed by atoms with Gasteiger partial charge < -0.3 is 0 Å². The predicted octanol–water partition coefficient (Wildman–Crippen LogP) is 2.49. The van der Waals surface area contributed by atoms with Crippen LogP contribution < -0.4 is 0 Å². The minimum absolute atomic E-state index is 0.199. The third-order valence-corrected chi connectivity index (χ3v) is 1.70. The summed E-state index contributed by atoms with van der Waals surface area (Å²) in [6.45, 7) is 4.19. The number of ketones is 1. The smallest absolute Gasteiger partial charge is 0.181 e. The summed E-state index contributed by atoms with van der Waals surface area (Å²) in [5.74, 6) is 0.686. The Balaban J connectivity index is 2.72. The molecular formula is C10H14O. The Morgan fingerprint density at radius 1 is 1.55 bits per heavy atom. The molecule has 0 saturated heterocycles. The van der Waals surface area contributed by atoms with Gasteiger partial charge >= 0.3 is 0 Å². The molecule has 0 N–H and O–H groups in total. The van der Waals surface area contributed by atoms with Crippen molar-refractivity contribution in [2.24, 2.45) is 5.92 Å². The zero-order chi connectivity index (χ0) is 8.27. The molecule has 0 unspecified atom stereocenters. The molecule has 1 rings (SSSR count). The molecule has 0 atom stereocenters. The predicted molar refractivity (Wildman–Crippen MR) is 46.3 cm³/mol. The van der Waals surface area contributed by atoms with Crippen LogP contribution in [0.1, 0.15) is 26.7 Å². The van der Waals surface area contributed by atoms with E-state index in [0.717, 1.165) is 18.4 Å². The summed E-state index contributed by atoms with van der Waals surface area (Å²) < 4.78 is 0. The van der Waals surface area contributed by atoms with Gasteiger partial charge in [-0.3, -0.25) is 4.79 Å². The second kappa shape index (κ2) is 3.51. The van der Waals surface area contributed by atoms with Crippen molar-refractivity contribution < 1.29 is 4.79 Å². The Labute approximate surface area is 67.8 Å². The molecule has 0 spiro atoms. The summed E-state index contributed by atoms with van der Waals surface area (Å²) in [4.78, 5) is 11.2. The average Bonchev–Trinajstić information content (AvgIpc) is 1.93. The van der Waals surface area contributed by atoms with E-state index in [1.165, 1.54) is 0 Å². The molecule has 0 fully saturated rings. The first kappa shape index (κ1) is 8.25. The van der Waals surface area contributed by atoms with E-state index in [1.54, 1.807) is 6.08 Å². The van der Waals surface area contributed by atoms with Crippen molar-refractivity contribution in [2.45, 2.75) is 26.7 Å². The van der Waals surface area contributed by atoms with E-state index in [0.29, 0.717) is 5.92 Å². The molecule has 1 heteroatoms. The Morgan fingerprint density at radius 3 is 2.82 bits per heavy atom. The number of rotatable bonds is 1. The van der Waals surface area contributed by atoms with Gasteiger partial charge in [-0.1, -0.05) is 26.0 Å². The summed E-state index contributed by atoms with van der Waals surface area (Å²) >= 11 is 0. The first-order chi connectivity index (χ1) is 5.20. The van der Waals surface area contributed by atoms with Crippen LogP contribution in [-0.4, -0.2) is 5.78 Å². The van der Waals surface area contributed by atoms with Crippen molar-refractivity contribution in [3.05, 3.63) is 23.8 Å². The van der Waals surface area contributed by atoms with Crippen LogP contribution in [0, 0.1) is 5.92 Å². The van der Waals surface area contributed by atoms with E-state index in [2.05, 4.69) is 19.9 Å². The number of carbonyl (C=O) groups is 1. The standard InChI is InChI=1S/C10H14O/c1-8(2)7-9-5-3-4-6-10(9)11/h4,6-8H,3,5H2,1-2H3/b9-7+. The third kappa shape index (κ3) is 2.34. The normalized spacial score (nSPS) is 21.7. The third-order valence-electron chi connectivity index (χ3n) is 1.70. The highest BCUT2D eigenvalue weighted by atomic mass is 16.1. The minimum Gasteiger partial charge on any atom is -0.290 e. The molecule has 11 heavy (non-hydrogen) atoms. The molecular weight excluding hydrogens is 136 g/mol. The molecule has 0 radical (unpaired) electrons. The van der Waals surface area contributed by atoms with E-state index < -0.39 is 0 Å². The summed E-state index contributed by atoms with van der Waals surface area (Å²) in [7, 11) is 0. The van der Waals surface area contributed by atoms with Gasteiger partial charge in [0.2, 0.25) is 0 Å². The second-order valence-electron chi connectivity index (χ2n) is 3.24. The lowest BCUT2D eigenvalue weighted by Crippen LogP contribution is -2.04. The van der Waals surface area contributed by atoms with Crippen molar-refractivity contribution in [2.75, 3.05) is 0 Å². The second-order valence-corrected chi connectivity index (χ2v) is 3.24. The van der Waals surface area contributed by atoms with Crippen molar-refractivity contribution in [1.82, 2.24) is 0 Å². The topological polar surface area (TPSA) is 17.1 Å². The molecule has 1 aliphatic rings. The van der Waals surface area contributed by atoms with Gasteiger partial charge in [-0.2, -0.15) is 0 Å². The fraction of sp³-hybridized carbons (Fsp3) is 0.500. The van der Waals surface area contributed by atoms with E-state index >= 15 is 0 Å². The van der Waals surface area contributed by atoms with E-state index in [-0.39, 0.29) is 5.78 Å². The Morgan fingerprint density at radius 2 is 2.27 bits per heavy atom. The fourth-order valence-corrected chi connectivity index (χ4v) is 1.23. The van der Waals surface area contributed by atoms with E-state index in [4.69, 9.17) is 0 Å². The van der Waals surface area contributed by atoms with Crippen molar-refractivity contribution in [1.29, 1.82) is 0 Å². The van der Waals surface area contributed by atoms with Gasteiger partial charge in [0.15, 0.2) is 5.78 Å². The monoisotopic (exact) mass is 150 g/mol. The van der Waals surface area contributed by atoms with Gasteiger partial charge in [0, 0.05) is 0 Å². The highest BCUT2D eigenvalue weighted by Crippen LogP contribution is 2.15. The van der Waals surface area contributed by atoms with Gasteiger partial charge in [-0.25, -0.2) is 0 Å². The summed E-state index contributed by atoms with van der Waals surface area (Å²) in [5, 5.41) is 0. The van der Waals surface area contributed by atoms with Crippen molar-refractivity contribution >= 4 is 5.78 Å². The average molecular weight is 150 g/mol. The van der Waals surface area contributed by atoms with Crippen LogP contribution in [0.25, 0.3) is 0 Å². The lowest BCUT2D eigenvalue weighted by atomic mass is 9.97. The number of carbonyl (C=O) groups excluding carboxylic acids is 1. The number of hydrogen-bond acceptors (Lipinski definition) is 1. The van der Waals surface area contributed by atoms with Crippen molar-refractivity contribution in [3.63, 3.8) is 0 Å². The van der Waals surface area contributed by atoms with Crippen LogP contribution in [0.3, 0.4) is 0 Å². The highest BCUT2D eigenvalue weighted by molar-refractivity contribution is 6.04. The fourth-order valence-electron chi connectivity index (χ4n) is 1.23. The molecule has 1 aliphatic carbocycles. The molecule has 60 valence electrons. The Kier molecular flexibility index (Phi) is 2.64. The van der Waals surface area contributed by atoms with Gasteiger partial charge in [0.05, 0.1) is 0 Å². The van der Waals surface area contributed by atoms with Crippen LogP contribution >= 0.6 is 0 Å². The van der Waals surface area contributed by atoms with Crippen LogP contribution in [0.4, 0.5) is 0 Å². The summed E-state index contributed by atoms with van der Waals surface area (Å²) in [6.07, 6.45) is 7.63. The summed E-state index contributed by atoms with van der Waals surface area (Å²) in [6, 6.07) is 0. The van der Waals surface area contributed by atoms with Gasteiger partial charge in [-0.15, -0.1) is 0 Å². The molecule has 0 saturated carbocycles. The zero-order valence-corrected chi connectivity index (χ0v) is 7.13. The van der Waals surface area contributed by atoms with Gasteiger partial charge in [0.1, 0.15) is 0 Å². The van der Waals surface area contributed by atoms with E-state index in [9.17, 15) is 4.79 Å². The molecule has 0 amide bonds. The largest absolute Gasteiger partial charge is 0.290 e. The molecule has 0 aliphatic heterocycles. The molecule has 0 aromatic heterocycles. The van der Waals surface area contributed by atoms with Gasteiger partial charge in [-0.05, 0) is 30.4 Å². The maximum Gasteiger partial charge on any atom is 0.181 e. The Bertz CT molecular complexity index is 209.